The van der Waals surface area contributed by atoms with Crippen molar-refractivity contribution in [3.8, 4) is 5.75 Å². The molecule has 82 valence electrons. The Morgan fingerprint density at radius 3 is 2.73 bits per heavy atom. The fraction of sp³-hybridized carbons (Fsp3) is 0.364. The third-order valence-corrected chi connectivity index (χ3v) is 2.46. The molecule has 0 fully saturated rings. The molecule has 0 amide bonds. The summed E-state index contributed by atoms with van der Waals surface area (Å²) < 4.78 is 5.35. The molecule has 0 bridgehead atoms. The van der Waals surface area contributed by atoms with E-state index in [1.54, 1.807) is 18.2 Å². The van der Waals surface area contributed by atoms with Crippen molar-refractivity contribution in [3.05, 3.63) is 28.2 Å². The van der Waals surface area contributed by atoms with Crippen molar-refractivity contribution < 1.29 is 9.53 Å². The highest BCUT2D eigenvalue weighted by molar-refractivity contribution is 6.35. The average Bonchev–Trinajstić information content (AvgIpc) is 2.21. The van der Waals surface area contributed by atoms with Gasteiger partial charge in [0.25, 0.3) is 0 Å². The number of hydrogen-bond acceptors (Lipinski definition) is 2. The van der Waals surface area contributed by atoms with Crippen molar-refractivity contribution in [2.75, 3.05) is 6.61 Å². The fourth-order valence-corrected chi connectivity index (χ4v) is 1.51. The van der Waals surface area contributed by atoms with Crippen LogP contribution in [0.4, 0.5) is 0 Å². The monoisotopic (exact) mass is 246 g/mol. The summed E-state index contributed by atoms with van der Waals surface area (Å²) in [6, 6.07) is 5.01. The number of ether oxygens (including phenoxy) is 1. The van der Waals surface area contributed by atoms with Crippen LogP contribution in [0, 0.1) is 0 Å². The lowest BCUT2D eigenvalue weighted by atomic mass is 10.2. The molecule has 0 aromatic heterocycles. The molecule has 0 spiro atoms. The van der Waals surface area contributed by atoms with Crippen LogP contribution < -0.4 is 4.74 Å². The third-order valence-electron chi connectivity index (χ3n) is 1.93. The maximum Gasteiger partial charge on any atom is 0.138 e. The van der Waals surface area contributed by atoms with Gasteiger partial charge in [-0.15, -0.1) is 0 Å². The van der Waals surface area contributed by atoms with Gasteiger partial charge >= 0.3 is 0 Å². The molecule has 0 unspecified atom stereocenters. The molecular formula is C11H12Cl2O2. The minimum absolute atomic E-state index is 0.181. The van der Waals surface area contributed by atoms with Gasteiger partial charge in [-0.05, 0) is 18.2 Å². The molecule has 1 aromatic carbocycles. The molecule has 0 aliphatic rings. The molecule has 2 nitrogen and oxygen atoms in total. The Balaban J connectivity index is 2.47. The van der Waals surface area contributed by atoms with Gasteiger partial charge in [0, 0.05) is 17.9 Å². The largest absolute Gasteiger partial charge is 0.492 e. The summed E-state index contributed by atoms with van der Waals surface area (Å²) in [4.78, 5) is 11.0. The summed E-state index contributed by atoms with van der Waals surface area (Å²) in [7, 11) is 0. The number of ketones is 1. The van der Waals surface area contributed by atoms with Crippen LogP contribution in [-0.2, 0) is 4.79 Å². The number of halogens is 2. The first-order valence-corrected chi connectivity index (χ1v) is 5.48. The summed E-state index contributed by atoms with van der Waals surface area (Å²) in [5, 5.41) is 1.03. The second-order valence-electron chi connectivity index (χ2n) is 3.07. The zero-order valence-electron chi connectivity index (χ0n) is 8.43. The topological polar surface area (TPSA) is 26.3 Å². The molecule has 0 atom stereocenters. The Kier molecular flexibility index (Phi) is 4.92. The van der Waals surface area contributed by atoms with E-state index in [2.05, 4.69) is 0 Å². The highest BCUT2D eigenvalue weighted by atomic mass is 35.5. The van der Waals surface area contributed by atoms with Gasteiger partial charge < -0.3 is 4.74 Å². The zero-order chi connectivity index (χ0) is 11.3. The highest BCUT2D eigenvalue weighted by Crippen LogP contribution is 2.27. The third kappa shape index (κ3) is 4.10. The van der Waals surface area contributed by atoms with Gasteiger partial charge in [0.15, 0.2) is 0 Å². The molecule has 15 heavy (non-hydrogen) atoms. The van der Waals surface area contributed by atoms with Crippen LogP contribution in [0.2, 0.25) is 10.0 Å². The number of hydrogen-bond donors (Lipinski definition) is 0. The van der Waals surface area contributed by atoms with Gasteiger partial charge in [-0.25, -0.2) is 0 Å². The van der Waals surface area contributed by atoms with E-state index in [1.165, 1.54) is 0 Å². The predicted molar refractivity (Wildman–Crippen MR) is 61.9 cm³/mol. The van der Waals surface area contributed by atoms with Gasteiger partial charge in [0.2, 0.25) is 0 Å². The van der Waals surface area contributed by atoms with E-state index in [4.69, 9.17) is 27.9 Å². The molecule has 1 aromatic rings. The van der Waals surface area contributed by atoms with Gasteiger partial charge in [-0.1, -0.05) is 30.1 Å². The van der Waals surface area contributed by atoms with Crippen LogP contribution >= 0.6 is 23.2 Å². The lowest BCUT2D eigenvalue weighted by Crippen LogP contribution is -2.05. The SMILES string of the molecule is CCC(=O)CCOc1ccc(Cl)cc1Cl. The fourth-order valence-electron chi connectivity index (χ4n) is 1.04. The van der Waals surface area contributed by atoms with Gasteiger partial charge in [0.1, 0.15) is 11.5 Å². The summed E-state index contributed by atoms with van der Waals surface area (Å²) in [5.41, 5.74) is 0. The van der Waals surface area contributed by atoms with E-state index in [0.717, 1.165) is 0 Å². The molecule has 0 N–H and O–H groups in total. The van der Waals surface area contributed by atoms with Gasteiger partial charge in [0.05, 0.1) is 11.6 Å². The maximum atomic E-state index is 11.0. The van der Waals surface area contributed by atoms with Crippen molar-refractivity contribution in [3.63, 3.8) is 0 Å². The van der Waals surface area contributed by atoms with E-state index in [-0.39, 0.29) is 5.78 Å². The predicted octanol–water partition coefficient (Wildman–Crippen LogP) is 3.74. The van der Waals surface area contributed by atoms with Crippen LogP contribution in [0.15, 0.2) is 18.2 Å². The zero-order valence-corrected chi connectivity index (χ0v) is 9.94. The standard InChI is InChI=1S/C11H12Cl2O2/c1-2-9(14)5-6-15-11-4-3-8(12)7-10(11)13/h3-4,7H,2,5-6H2,1H3. The minimum Gasteiger partial charge on any atom is -0.492 e. The molecule has 0 saturated heterocycles. The second kappa shape index (κ2) is 5.99. The Bertz CT molecular complexity index is 350. The van der Waals surface area contributed by atoms with Crippen LogP contribution in [0.5, 0.6) is 5.75 Å². The Morgan fingerprint density at radius 1 is 1.40 bits per heavy atom. The number of carbonyl (C=O) groups is 1. The average molecular weight is 247 g/mol. The van der Waals surface area contributed by atoms with Gasteiger partial charge in [-0.2, -0.15) is 0 Å². The van der Waals surface area contributed by atoms with E-state index in [1.807, 2.05) is 6.92 Å². The molecule has 0 heterocycles. The normalized spacial score (nSPS) is 10.1. The Labute approximate surface area is 99.1 Å². The van der Waals surface area contributed by atoms with Gasteiger partial charge in [-0.3, -0.25) is 4.79 Å². The van der Waals surface area contributed by atoms with Crippen molar-refractivity contribution in [1.29, 1.82) is 0 Å². The number of benzene rings is 1. The quantitative estimate of drug-likeness (QED) is 0.792. The summed E-state index contributed by atoms with van der Waals surface area (Å²) in [5.74, 6) is 0.741. The molecule has 0 aliphatic carbocycles. The van der Waals surface area contributed by atoms with Crippen molar-refractivity contribution in [1.82, 2.24) is 0 Å². The molecule has 0 radical (unpaired) electrons. The van der Waals surface area contributed by atoms with Crippen LogP contribution in [0.25, 0.3) is 0 Å². The first-order valence-electron chi connectivity index (χ1n) is 4.73. The molecular weight excluding hydrogens is 235 g/mol. The first kappa shape index (κ1) is 12.3. The van der Waals surface area contributed by atoms with Crippen LogP contribution in [-0.4, -0.2) is 12.4 Å². The molecule has 4 heteroatoms. The Morgan fingerprint density at radius 2 is 2.13 bits per heavy atom. The summed E-state index contributed by atoms with van der Waals surface area (Å²) in [6.45, 7) is 2.19. The van der Waals surface area contributed by atoms with E-state index in [0.29, 0.717) is 35.2 Å². The molecule has 1 rings (SSSR count). The Hall–Kier alpha value is -0.730. The van der Waals surface area contributed by atoms with Crippen molar-refractivity contribution >= 4 is 29.0 Å². The smallest absolute Gasteiger partial charge is 0.138 e. The van der Waals surface area contributed by atoms with E-state index < -0.39 is 0 Å². The molecule has 0 saturated carbocycles. The number of carbonyl (C=O) groups excluding carboxylic acids is 1. The maximum absolute atomic E-state index is 11.0. The molecule has 0 aliphatic heterocycles. The first-order chi connectivity index (χ1) is 7.13. The van der Waals surface area contributed by atoms with E-state index >= 15 is 0 Å². The summed E-state index contributed by atoms with van der Waals surface area (Å²) in [6.07, 6.45) is 0.952. The van der Waals surface area contributed by atoms with E-state index in [9.17, 15) is 4.79 Å². The lowest BCUT2D eigenvalue weighted by molar-refractivity contribution is -0.119. The number of rotatable bonds is 5. The highest BCUT2D eigenvalue weighted by Gasteiger charge is 2.03. The minimum atomic E-state index is 0.181. The number of Topliss-reactive ketones (excluding diaryl/α,β-unsaturated/α-hetero) is 1. The van der Waals surface area contributed by atoms with Crippen molar-refractivity contribution in [2.45, 2.75) is 19.8 Å². The summed E-state index contributed by atoms with van der Waals surface area (Å²) >= 11 is 11.6. The lowest BCUT2D eigenvalue weighted by Gasteiger charge is -2.07. The van der Waals surface area contributed by atoms with Crippen LogP contribution in [0.3, 0.4) is 0 Å². The van der Waals surface area contributed by atoms with Crippen molar-refractivity contribution in [2.24, 2.45) is 0 Å². The van der Waals surface area contributed by atoms with Crippen LogP contribution in [0.1, 0.15) is 19.8 Å². The second-order valence-corrected chi connectivity index (χ2v) is 3.91.